The highest BCUT2D eigenvalue weighted by atomic mass is 16.2. The van der Waals surface area contributed by atoms with Gasteiger partial charge in [-0.3, -0.25) is 4.79 Å². The van der Waals surface area contributed by atoms with E-state index >= 15 is 0 Å². The average molecular weight is 274 g/mol. The molecule has 110 valence electrons. The number of aryl methyl sites for hydroxylation is 1. The van der Waals surface area contributed by atoms with E-state index in [2.05, 4.69) is 50.4 Å². The fraction of sp³-hybridized carbons (Fsp3) is 0.588. The number of rotatable bonds is 3. The summed E-state index contributed by atoms with van der Waals surface area (Å²) < 4.78 is 0. The second-order valence-corrected chi connectivity index (χ2v) is 6.44. The molecule has 0 unspecified atom stereocenters. The quantitative estimate of drug-likeness (QED) is 0.918. The monoisotopic (exact) mass is 274 g/mol. The smallest absolute Gasteiger partial charge is 0.228 e. The molecule has 0 spiro atoms. The Morgan fingerprint density at radius 3 is 2.60 bits per heavy atom. The summed E-state index contributed by atoms with van der Waals surface area (Å²) in [6.45, 7) is 9.85. The van der Waals surface area contributed by atoms with Gasteiger partial charge in [-0.25, -0.2) is 0 Å². The molecule has 0 aliphatic carbocycles. The van der Waals surface area contributed by atoms with Crippen molar-refractivity contribution in [2.45, 2.75) is 33.6 Å². The number of benzene rings is 1. The van der Waals surface area contributed by atoms with E-state index in [0.717, 1.165) is 39.0 Å². The van der Waals surface area contributed by atoms with E-state index in [-0.39, 0.29) is 11.3 Å². The number of carbonyl (C=O) groups excluding carboxylic acids is 1. The topological polar surface area (TPSA) is 32.3 Å². The molecule has 1 N–H and O–H groups in total. The zero-order valence-corrected chi connectivity index (χ0v) is 12.9. The fourth-order valence-electron chi connectivity index (χ4n) is 2.77. The molecule has 3 heteroatoms. The van der Waals surface area contributed by atoms with Gasteiger partial charge in [0.2, 0.25) is 5.91 Å². The van der Waals surface area contributed by atoms with Gasteiger partial charge in [0.15, 0.2) is 0 Å². The molecule has 0 radical (unpaired) electrons. The maximum atomic E-state index is 12.7. The van der Waals surface area contributed by atoms with E-state index in [1.807, 2.05) is 4.90 Å². The first kappa shape index (κ1) is 15.0. The maximum absolute atomic E-state index is 12.7. The van der Waals surface area contributed by atoms with E-state index in [1.165, 1.54) is 11.1 Å². The van der Waals surface area contributed by atoms with Gasteiger partial charge in [0.25, 0.3) is 0 Å². The Kier molecular flexibility index (Phi) is 4.81. The van der Waals surface area contributed by atoms with Gasteiger partial charge in [-0.15, -0.1) is 0 Å². The summed E-state index contributed by atoms with van der Waals surface area (Å²) in [5, 5.41) is 3.35. The standard InChI is InChI=1S/C17H26N2O/c1-14-5-7-15(8-6-14)13-17(2,3)16(20)19-11-4-9-18-10-12-19/h5-8,18H,4,9-13H2,1-3H3. The summed E-state index contributed by atoms with van der Waals surface area (Å²) in [5.41, 5.74) is 2.16. The first-order valence-corrected chi connectivity index (χ1v) is 7.55. The molecule has 1 aromatic carbocycles. The molecule has 1 saturated heterocycles. The minimum atomic E-state index is -0.334. The summed E-state index contributed by atoms with van der Waals surface area (Å²) in [4.78, 5) is 14.8. The zero-order chi connectivity index (χ0) is 14.6. The van der Waals surface area contributed by atoms with Crippen LogP contribution in [0, 0.1) is 12.3 Å². The number of hydrogen-bond acceptors (Lipinski definition) is 2. The maximum Gasteiger partial charge on any atom is 0.228 e. The van der Waals surface area contributed by atoms with E-state index in [1.54, 1.807) is 0 Å². The number of nitrogens with zero attached hydrogens (tertiary/aromatic N) is 1. The normalized spacial score (nSPS) is 16.9. The molecule has 1 fully saturated rings. The van der Waals surface area contributed by atoms with E-state index < -0.39 is 0 Å². The lowest BCUT2D eigenvalue weighted by Crippen LogP contribution is -2.43. The minimum absolute atomic E-state index is 0.279. The van der Waals surface area contributed by atoms with Crippen molar-refractivity contribution in [3.05, 3.63) is 35.4 Å². The molecule has 0 bridgehead atoms. The van der Waals surface area contributed by atoms with Crippen LogP contribution in [0.4, 0.5) is 0 Å². The van der Waals surface area contributed by atoms with Crippen molar-refractivity contribution in [2.75, 3.05) is 26.2 Å². The lowest BCUT2D eigenvalue weighted by molar-refractivity contribution is -0.140. The molecule has 0 aromatic heterocycles. The fourth-order valence-corrected chi connectivity index (χ4v) is 2.77. The van der Waals surface area contributed by atoms with Crippen LogP contribution in [0.15, 0.2) is 24.3 Å². The molecule has 1 amide bonds. The predicted octanol–water partition coefficient (Wildman–Crippen LogP) is 2.39. The van der Waals surface area contributed by atoms with Crippen LogP contribution in [-0.2, 0) is 11.2 Å². The third-order valence-electron chi connectivity index (χ3n) is 3.97. The number of nitrogens with one attached hydrogen (secondary N) is 1. The molecule has 1 heterocycles. The molecule has 3 nitrogen and oxygen atoms in total. The van der Waals surface area contributed by atoms with Crippen molar-refractivity contribution in [1.82, 2.24) is 10.2 Å². The van der Waals surface area contributed by atoms with E-state index in [9.17, 15) is 4.79 Å². The Morgan fingerprint density at radius 2 is 1.90 bits per heavy atom. The highest BCUT2D eigenvalue weighted by Crippen LogP contribution is 2.25. The van der Waals surface area contributed by atoms with Crippen molar-refractivity contribution >= 4 is 5.91 Å². The lowest BCUT2D eigenvalue weighted by Gasteiger charge is -2.31. The second-order valence-electron chi connectivity index (χ2n) is 6.44. The Morgan fingerprint density at radius 1 is 1.20 bits per heavy atom. The highest BCUT2D eigenvalue weighted by molar-refractivity contribution is 5.82. The molecule has 0 saturated carbocycles. The van der Waals surface area contributed by atoms with Crippen molar-refractivity contribution in [3.8, 4) is 0 Å². The lowest BCUT2D eigenvalue weighted by atomic mass is 9.84. The van der Waals surface area contributed by atoms with Crippen molar-refractivity contribution in [3.63, 3.8) is 0 Å². The molecule has 1 aromatic rings. The first-order valence-electron chi connectivity index (χ1n) is 7.55. The van der Waals surface area contributed by atoms with Gasteiger partial charge in [-0.05, 0) is 31.9 Å². The van der Waals surface area contributed by atoms with Crippen LogP contribution in [0.3, 0.4) is 0 Å². The number of amides is 1. The van der Waals surface area contributed by atoms with Crippen LogP contribution in [0.1, 0.15) is 31.4 Å². The molecule has 1 aliphatic rings. The van der Waals surface area contributed by atoms with E-state index in [0.29, 0.717) is 0 Å². The van der Waals surface area contributed by atoms with Gasteiger partial charge in [0.05, 0.1) is 0 Å². The van der Waals surface area contributed by atoms with Gasteiger partial charge in [-0.2, -0.15) is 0 Å². The van der Waals surface area contributed by atoms with E-state index in [4.69, 9.17) is 0 Å². The van der Waals surface area contributed by atoms with Crippen LogP contribution in [0.5, 0.6) is 0 Å². The Labute approximate surface area is 122 Å². The van der Waals surface area contributed by atoms with Crippen LogP contribution in [0.2, 0.25) is 0 Å². The third-order valence-corrected chi connectivity index (χ3v) is 3.97. The average Bonchev–Trinajstić information content (AvgIpc) is 2.69. The third kappa shape index (κ3) is 3.83. The summed E-state index contributed by atoms with van der Waals surface area (Å²) in [6, 6.07) is 8.50. The number of hydrogen-bond donors (Lipinski definition) is 1. The molecule has 2 rings (SSSR count). The highest BCUT2D eigenvalue weighted by Gasteiger charge is 2.32. The number of carbonyl (C=O) groups is 1. The van der Waals surface area contributed by atoms with Crippen LogP contribution in [0.25, 0.3) is 0 Å². The molecule has 0 atom stereocenters. The van der Waals surface area contributed by atoms with Crippen LogP contribution < -0.4 is 5.32 Å². The predicted molar refractivity (Wildman–Crippen MR) is 82.7 cm³/mol. The Bertz CT molecular complexity index is 443. The van der Waals surface area contributed by atoms with Crippen molar-refractivity contribution < 1.29 is 4.79 Å². The SMILES string of the molecule is Cc1ccc(CC(C)(C)C(=O)N2CCCNCC2)cc1. The molecule has 1 aliphatic heterocycles. The largest absolute Gasteiger partial charge is 0.341 e. The van der Waals surface area contributed by atoms with Crippen molar-refractivity contribution in [2.24, 2.45) is 5.41 Å². The van der Waals surface area contributed by atoms with Gasteiger partial charge in [-0.1, -0.05) is 43.7 Å². The van der Waals surface area contributed by atoms with Crippen LogP contribution >= 0.6 is 0 Å². The van der Waals surface area contributed by atoms with Crippen molar-refractivity contribution in [1.29, 1.82) is 0 Å². The van der Waals surface area contributed by atoms with Gasteiger partial charge in [0.1, 0.15) is 0 Å². The summed E-state index contributed by atoms with van der Waals surface area (Å²) in [5.74, 6) is 0.279. The molecular weight excluding hydrogens is 248 g/mol. The Hall–Kier alpha value is -1.35. The van der Waals surface area contributed by atoms with Gasteiger partial charge >= 0.3 is 0 Å². The summed E-state index contributed by atoms with van der Waals surface area (Å²) in [6.07, 6.45) is 1.85. The second kappa shape index (κ2) is 6.40. The van der Waals surface area contributed by atoms with Gasteiger partial charge in [0, 0.05) is 25.0 Å². The summed E-state index contributed by atoms with van der Waals surface area (Å²) >= 11 is 0. The molecule has 20 heavy (non-hydrogen) atoms. The van der Waals surface area contributed by atoms with Gasteiger partial charge < -0.3 is 10.2 Å². The zero-order valence-electron chi connectivity index (χ0n) is 12.9. The minimum Gasteiger partial charge on any atom is -0.341 e. The first-order chi connectivity index (χ1) is 9.49. The molecular formula is C17H26N2O. The summed E-state index contributed by atoms with van der Waals surface area (Å²) in [7, 11) is 0. The van der Waals surface area contributed by atoms with Crippen LogP contribution in [-0.4, -0.2) is 37.0 Å². The Balaban J connectivity index is 2.04.